The van der Waals surface area contributed by atoms with Crippen molar-refractivity contribution in [1.82, 2.24) is 0 Å². The van der Waals surface area contributed by atoms with Crippen molar-refractivity contribution in [2.24, 2.45) is 0 Å². The molecule has 0 atom stereocenters. The third-order valence-electron chi connectivity index (χ3n) is 1.64. The highest BCUT2D eigenvalue weighted by molar-refractivity contribution is 14.1. The molecule has 0 aliphatic rings. The summed E-state index contributed by atoms with van der Waals surface area (Å²) >= 11 is 1.80. The number of rotatable bonds is 3. The van der Waals surface area contributed by atoms with Crippen molar-refractivity contribution in [3.63, 3.8) is 0 Å². The van der Waals surface area contributed by atoms with Gasteiger partial charge in [0, 0.05) is 0 Å². The lowest BCUT2D eigenvalue weighted by Crippen LogP contribution is -2.15. The third-order valence-corrected chi connectivity index (χ3v) is 2.73. The zero-order valence-corrected chi connectivity index (χ0v) is 10.2. The molecule has 0 saturated heterocycles. The maximum Gasteiger partial charge on any atom is 0.231 e. The number of nitrogens with one attached hydrogen (secondary N) is 1. The summed E-state index contributed by atoms with van der Waals surface area (Å²) in [6, 6.07) is 4.40. The van der Waals surface area contributed by atoms with Crippen molar-refractivity contribution < 1.29 is 14.0 Å². The Morgan fingerprint density at radius 2 is 2.13 bits per heavy atom. The molecule has 0 spiro atoms. The molecule has 0 radical (unpaired) electrons. The molecule has 0 aromatic heterocycles. The van der Waals surface area contributed by atoms with Crippen LogP contribution >= 0.6 is 22.6 Å². The van der Waals surface area contributed by atoms with E-state index in [2.05, 4.69) is 5.32 Å². The summed E-state index contributed by atoms with van der Waals surface area (Å²) in [4.78, 5) is 21.9. The lowest BCUT2D eigenvalue weighted by atomic mass is 10.2. The van der Waals surface area contributed by atoms with Crippen LogP contribution in [-0.2, 0) is 9.59 Å². The Morgan fingerprint density at radius 3 is 2.73 bits per heavy atom. The van der Waals surface area contributed by atoms with Gasteiger partial charge in [0.2, 0.25) is 5.91 Å². The van der Waals surface area contributed by atoms with Crippen LogP contribution in [0.3, 0.4) is 0 Å². The van der Waals surface area contributed by atoms with Crippen LogP contribution in [0.2, 0.25) is 0 Å². The van der Waals surface area contributed by atoms with Crippen LogP contribution in [0, 0.1) is 9.39 Å². The number of hydrogen-bond donors (Lipinski definition) is 1. The van der Waals surface area contributed by atoms with E-state index in [9.17, 15) is 14.0 Å². The van der Waals surface area contributed by atoms with Crippen molar-refractivity contribution >= 4 is 40.0 Å². The van der Waals surface area contributed by atoms with Crippen LogP contribution < -0.4 is 5.32 Å². The average Bonchev–Trinajstić information content (AvgIpc) is 2.11. The molecule has 15 heavy (non-hydrogen) atoms. The third kappa shape index (κ3) is 3.58. The summed E-state index contributed by atoms with van der Waals surface area (Å²) in [6.07, 6.45) is -0.188. The van der Waals surface area contributed by atoms with Crippen molar-refractivity contribution in [2.75, 3.05) is 5.32 Å². The fourth-order valence-electron chi connectivity index (χ4n) is 1.02. The van der Waals surface area contributed by atoms with Gasteiger partial charge in [0.25, 0.3) is 0 Å². The molecule has 3 nitrogen and oxygen atoms in total. The summed E-state index contributed by atoms with van der Waals surface area (Å²) < 4.78 is 13.4. The second kappa shape index (κ2) is 5.20. The normalized spacial score (nSPS) is 9.80. The van der Waals surface area contributed by atoms with E-state index in [1.54, 1.807) is 28.7 Å². The Labute approximate surface area is 100 Å². The molecule has 0 bridgehead atoms. The molecule has 1 N–H and O–H groups in total. The first-order chi connectivity index (χ1) is 7.00. The number of Topliss-reactive ketones (excluding diaryl/α,β-unsaturated/α-hetero) is 1. The van der Waals surface area contributed by atoms with Gasteiger partial charge in [0.1, 0.15) is 11.6 Å². The van der Waals surface area contributed by atoms with Gasteiger partial charge in [-0.05, 0) is 41.6 Å². The molecule has 0 heterocycles. The highest BCUT2D eigenvalue weighted by atomic mass is 127. The smallest absolute Gasteiger partial charge is 0.231 e. The van der Waals surface area contributed by atoms with Crippen LogP contribution in [-0.4, -0.2) is 11.7 Å². The van der Waals surface area contributed by atoms with Gasteiger partial charge in [-0.15, -0.1) is 0 Å². The Bertz CT molecular complexity index is 406. The minimum absolute atomic E-state index is 0.188. The molecule has 5 heteroatoms. The first-order valence-corrected chi connectivity index (χ1v) is 5.32. The summed E-state index contributed by atoms with van der Waals surface area (Å²) in [7, 11) is 0. The molecular weight excluding hydrogens is 312 g/mol. The van der Waals surface area contributed by atoms with Gasteiger partial charge >= 0.3 is 0 Å². The largest absolute Gasteiger partial charge is 0.325 e. The van der Waals surface area contributed by atoms with Crippen LogP contribution in [0.15, 0.2) is 18.2 Å². The molecule has 1 amide bonds. The van der Waals surface area contributed by atoms with E-state index < -0.39 is 11.7 Å². The minimum Gasteiger partial charge on any atom is -0.325 e. The molecule has 0 fully saturated rings. The van der Waals surface area contributed by atoms with Crippen molar-refractivity contribution in [3.05, 3.63) is 27.6 Å². The number of amides is 1. The van der Waals surface area contributed by atoms with E-state index in [4.69, 9.17) is 0 Å². The molecule has 0 saturated carbocycles. The molecule has 1 aromatic rings. The monoisotopic (exact) mass is 321 g/mol. The lowest BCUT2D eigenvalue weighted by Gasteiger charge is -2.06. The first kappa shape index (κ1) is 12.1. The molecular formula is C10H9FINO2. The molecule has 0 aliphatic carbocycles. The molecule has 80 valence electrons. The fraction of sp³-hybridized carbons (Fsp3) is 0.200. The van der Waals surface area contributed by atoms with Crippen LogP contribution in [0.5, 0.6) is 0 Å². The second-order valence-corrected chi connectivity index (χ2v) is 4.11. The van der Waals surface area contributed by atoms with E-state index in [1.165, 1.54) is 19.1 Å². The quantitative estimate of drug-likeness (QED) is 0.686. The number of anilines is 1. The highest BCUT2D eigenvalue weighted by Gasteiger charge is 2.09. The van der Waals surface area contributed by atoms with Crippen LogP contribution in [0.1, 0.15) is 13.3 Å². The van der Waals surface area contributed by atoms with Gasteiger partial charge in [0.05, 0.1) is 15.7 Å². The van der Waals surface area contributed by atoms with Crippen LogP contribution in [0.25, 0.3) is 0 Å². The predicted molar refractivity (Wildman–Crippen MR) is 63.0 cm³/mol. The van der Waals surface area contributed by atoms with E-state index in [-0.39, 0.29) is 12.2 Å². The van der Waals surface area contributed by atoms with E-state index in [1.807, 2.05) is 0 Å². The number of halogens is 2. The summed E-state index contributed by atoms with van der Waals surface area (Å²) in [5.41, 5.74) is 0.391. The second-order valence-electron chi connectivity index (χ2n) is 3.03. The predicted octanol–water partition coefficient (Wildman–Crippen LogP) is 2.35. The zero-order chi connectivity index (χ0) is 11.4. The van der Waals surface area contributed by atoms with Crippen molar-refractivity contribution in [1.29, 1.82) is 0 Å². The molecule has 0 aliphatic heterocycles. The Balaban J connectivity index is 2.77. The average molecular weight is 321 g/mol. The highest BCUT2D eigenvalue weighted by Crippen LogP contribution is 2.20. The molecule has 0 unspecified atom stereocenters. The van der Waals surface area contributed by atoms with Crippen molar-refractivity contribution in [2.45, 2.75) is 13.3 Å². The molecule has 1 aromatic carbocycles. The Hall–Kier alpha value is -0.980. The maximum atomic E-state index is 13.1. The number of benzene rings is 1. The van der Waals surface area contributed by atoms with Gasteiger partial charge < -0.3 is 5.32 Å². The van der Waals surface area contributed by atoms with E-state index in [0.29, 0.717) is 9.26 Å². The van der Waals surface area contributed by atoms with Gasteiger partial charge in [-0.1, -0.05) is 6.07 Å². The van der Waals surface area contributed by atoms with Crippen molar-refractivity contribution in [3.8, 4) is 0 Å². The summed E-state index contributed by atoms with van der Waals surface area (Å²) in [5, 5.41) is 2.48. The minimum atomic E-state index is -0.425. The van der Waals surface area contributed by atoms with E-state index >= 15 is 0 Å². The van der Waals surface area contributed by atoms with Gasteiger partial charge in [-0.2, -0.15) is 0 Å². The number of ketones is 1. The van der Waals surface area contributed by atoms with Gasteiger partial charge in [0.15, 0.2) is 0 Å². The lowest BCUT2D eigenvalue weighted by molar-refractivity contribution is -0.124. The first-order valence-electron chi connectivity index (χ1n) is 4.24. The fourth-order valence-corrected chi connectivity index (χ4v) is 1.52. The summed E-state index contributed by atoms with van der Waals surface area (Å²) in [6.45, 7) is 1.33. The summed E-state index contributed by atoms with van der Waals surface area (Å²) in [5.74, 6) is -1.04. The molecule has 1 rings (SSSR count). The van der Waals surface area contributed by atoms with Gasteiger partial charge in [-0.25, -0.2) is 4.39 Å². The Morgan fingerprint density at radius 1 is 1.47 bits per heavy atom. The van der Waals surface area contributed by atoms with E-state index in [0.717, 1.165) is 0 Å². The topological polar surface area (TPSA) is 46.2 Å². The standard InChI is InChI=1S/C10H9FINO2/c1-6(14)5-9(15)13-8-4-2-3-7(11)10(8)12/h2-4H,5H2,1H3,(H,13,15). The maximum absolute atomic E-state index is 13.1. The van der Waals surface area contributed by atoms with Crippen LogP contribution in [0.4, 0.5) is 10.1 Å². The Kier molecular flexibility index (Phi) is 4.19. The number of hydrogen-bond acceptors (Lipinski definition) is 2. The number of carbonyl (C=O) groups excluding carboxylic acids is 2. The zero-order valence-electron chi connectivity index (χ0n) is 8.01. The SMILES string of the molecule is CC(=O)CC(=O)Nc1cccc(F)c1I. The van der Waals surface area contributed by atoms with Gasteiger partial charge in [-0.3, -0.25) is 9.59 Å². The number of carbonyl (C=O) groups is 2.